The van der Waals surface area contributed by atoms with Crippen LogP contribution < -0.4 is 15.4 Å². The number of nitrogens with zero attached hydrogens (tertiary/aromatic N) is 1. The average molecular weight is 383 g/mol. The third kappa shape index (κ3) is 4.03. The van der Waals surface area contributed by atoms with Crippen molar-refractivity contribution >= 4 is 28.3 Å². The van der Waals surface area contributed by atoms with Gasteiger partial charge in [-0.2, -0.15) is 8.78 Å². The van der Waals surface area contributed by atoms with Gasteiger partial charge < -0.3 is 15.4 Å². The monoisotopic (exact) mass is 383 g/mol. The Balaban J connectivity index is 1.74. The molecule has 28 heavy (non-hydrogen) atoms. The van der Waals surface area contributed by atoms with Crippen LogP contribution in [-0.4, -0.2) is 23.5 Å². The summed E-state index contributed by atoms with van der Waals surface area (Å²) >= 11 is 0. The number of nitrogens with one attached hydrogen (secondary N) is 2. The minimum Gasteiger partial charge on any atom is -0.432 e. The summed E-state index contributed by atoms with van der Waals surface area (Å²) in [5.74, 6) is 0.411. The number of carbonyl (C=O) groups is 1. The van der Waals surface area contributed by atoms with Gasteiger partial charge in [-0.25, -0.2) is 4.98 Å². The summed E-state index contributed by atoms with van der Waals surface area (Å²) < 4.78 is 31.0. The lowest BCUT2D eigenvalue weighted by Crippen LogP contribution is -2.09. The first-order chi connectivity index (χ1) is 13.5. The van der Waals surface area contributed by atoms with E-state index in [2.05, 4.69) is 15.6 Å². The summed E-state index contributed by atoms with van der Waals surface area (Å²) in [5, 5.41) is 6.72. The highest BCUT2D eigenvalue weighted by atomic mass is 19.3. The van der Waals surface area contributed by atoms with Crippen LogP contribution in [-0.2, 0) is 4.79 Å². The fourth-order valence-electron chi connectivity index (χ4n) is 3.08. The summed E-state index contributed by atoms with van der Waals surface area (Å²) in [6.45, 7) is -1.49. The van der Waals surface area contributed by atoms with Crippen molar-refractivity contribution in [2.24, 2.45) is 0 Å². The summed E-state index contributed by atoms with van der Waals surface area (Å²) in [6.07, 6.45) is 2.05. The predicted molar refractivity (Wildman–Crippen MR) is 105 cm³/mol. The van der Waals surface area contributed by atoms with Crippen LogP contribution in [0, 0.1) is 0 Å². The Morgan fingerprint density at radius 1 is 1.18 bits per heavy atom. The Hall–Kier alpha value is -3.22. The standard InChI is InChI=1S/C21H19F2N3O2/c1-12(27)24-19-10-6-14-11-13(5-9-17(14)26-19)16-3-2-4-18(25-15-7-8-15)20(16)28-21(22)23/h2-6,9-11,15,21,25H,7-8H2,1H3,(H,24,26,27). The molecular weight excluding hydrogens is 364 g/mol. The second-order valence-electron chi connectivity index (χ2n) is 6.76. The van der Waals surface area contributed by atoms with E-state index < -0.39 is 6.61 Å². The molecule has 1 amide bonds. The number of alkyl halides is 2. The number of hydrogen-bond donors (Lipinski definition) is 2. The lowest BCUT2D eigenvalue weighted by Gasteiger charge is -2.17. The molecule has 1 fully saturated rings. The first-order valence-corrected chi connectivity index (χ1v) is 9.03. The SMILES string of the molecule is CC(=O)Nc1ccc2cc(-c3cccc(NC4CC4)c3OC(F)F)ccc2n1. The van der Waals surface area contributed by atoms with E-state index in [4.69, 9.17) is 4.74 Å². The van der Waals surface area contributed by atoms with Gasteiger partial charge in [0.05, 0.1) is 11.2 Å². The topological polar surface area (TPSA) is 63.2 Å². The molecule has 1 heterocycles. The zero-order valence-electron chi connectivity index (χ0n) is 15.2. The molecule has 2 N–H and O–H groups in total. The van der Waals surface area contributed by atoms with Gasteiger partial charge in [-0.05, 0) is 48.7 Å². The molecule has 1 saturated carbocycles. The van der Waals surface area contributed by atoms with Crippen molar-refractivity contribution in [2.75, 3.05) is 10.6 Å². The van der Waals surface area contributed by atoms with Crippen LogP contribution in [0.4, 0.5) is 20.3 Å². The minimum atomic E-state index is -2.91. The molecule has 0 radical (unpaired) electrons. The number of anilines is 2. The molecule has 1 aromatic heterocycles. The van der Waals surface area contributed by atoms with Gasteiger partial charge in [0.1, 0.15) is 5.82 Å². The molecule has 5 nitrogen and oxygen atoms in total. The quantitative estimate of drug-likeness (QED) is 0.626. The smallest absolute Gasteiger partial charge is 0.387 e. The van der Waals surface area contributed by atoms with Crippen molar-refractivity contribution in [1.29, 1.82) is 0 Å². The van der Waals surface area contributed by atoms with Crippen molar-refractivity contribution in [1.82, 2.24) is 4.98 Å². The fraction of sp³-hybridized carbons (Fsp3) is 0.238. The van der Waals surface area contributed by atoms with E-state index in [9.17, 15) is 13.6 Å². The van der Waals surface area contributed by atoms with Crippen molar-refractivity contribution in [3.05, 3.63) is 48.5 Å². The molecular formula is C21H19F2N3O2. The lowest BCUT2D eigenvalue weighted by atomic mass is 10.0. The van der Waals surface area contributed by atoms with E-state index in [-0.39, 0.29) is 11.7 Å². The van der Waals surface area contributed by atoms with Crippen LogP contribution in [0.25, 0.3) is 22.0 Å². The molecule has 0 bridgehead atoms. The molecule has 3 aromatic rings. The number of para-hydroxylation sites is 1. The van der Waals surface area contributed by atoms with Gasteiger partial charge in [-0.3, -0.25) is 4.79 Å². The van der Waals surface area contributed by atoms with E-state index in [1.807, 2.05) is 18.2 Å². The van der Waals surface area contributed by atoms with Gasteiger partial charge in [-0.15, -0.1) is 0 Å². The molecule has 1 aliphatic carbocycles. The molecule has 0 unspecified atom stereocenters. The van der Waals surface area contributed by atoms with Gasteiger partial charge >= 0.3 is 6.61 Å². The molecule has 7 heteroatoms. The lowest BCUT2D eigenvalue weighted by molar-refractivity contribution is -0.114. The maximum atomic E-state index is 13.1. The number of benzene rings is 2. The summed E-state index contributed by atoms with van der Waals surface area (Å²) in [6, 6.07) is 14.6. The highest BCUT2D eigenvalue weighted by Crippen LogP contribution is 2.40. The number of fused-ring (bicyclic) bond motifs is 1. The molecule has 0 spiro atoms. The van der Waals surface area contributed by atoms with E-state index in [1.165, 1.54) is 6.92 Å². The second-order valence-corrected chi connectivity index (χ2v) is 6.76. The molecule has 144 valence electrons. The van der Waals surface area contributed by atoms with Crippen molar-refractivity contribution < 1.29 is 18.3 Å². The minimum absolute atomic E-state index is 0.145. The van der Waals surface area contributed by atoms with Crippen molar-refractivity contribution in [3.63, 3.8) is 0 Å². The van der Waals surface area contributed by atoms with Crippen molar-refractivity contribution in [2.45, 2.75) is 32.4 Å². The number of carbonyl (C=O) groups excluding carboxylic acids is 1. The highest BCUT2D eigenvalue weighted by Gasteiger charge is 2.24. The van der Waals surface area contributed by atoms with Gasteiger partial charge in [-0.1, -0.05) is 18.2 Å². The molecule has 0 saturated heterocycles. The molecule has 0 aliphatic heterocycles. The molecule has 4 rings (SSSR count). The molecule has 1 aliphatic rings. The number of amides is 1. The number of hydrogen-bond acceptors (Lipinski definition) is 4. The van der Waals surface area contributed by atoms with Crippen LogP contribution in [0.3, 0.4) is 0 Å². The normalized spacial score (nSPS) is 13.6. The van der Waals surface area contributed by atoms with Gasteiger partial charge in [0.25, 0.3) is 0 Å². The third-order valence-electron chi connectivity index (χ3n) is 4.46. The van der Waals surface area contributed by atoms with E-state index in [1.54, 1.807) is 30.3 Å². The van der Waals surface area contributed by atoms with Crippen LogP contribution >= 0.6 is 0 Å². The van der Waals surface area contributed by atoms with Crippen LogP contribution in [0.2, 0.25) is 0 Å². The number of aromatic nitrogens is 1. The third-order valence-corrected chi connectivity index (χ3v) is 4.46. The Labute approximate surface area is 160 Å². The highest BCUT2D eigenvalue weighted by molar-refractivity contribution is 5.91. The Bertz CT molecular complexity index is 1040. The first kappa shape index (κ1) is 18.2. The van der Waals surface area contributed by atoms with Gasteiger partial charge in [0.2, 0.25) is 5.91 Å². The predicted octanol–water partition coefficient (Wildman–Crippen LogP) is 5.04. The van der Waals surface area contributed by atoms with E-state index in [0.717, 1.165) is 23.8 Å². The number of rotatable bonds is 6. The van der Waals surface area contributed by atoms with Crippen LogP contribution in [0.1, 0.15) is 19.8 Å². The number of halogens is 2. The Morgan fingerprint density at radius 3 is 2.71 bits per heavy atom. The zero-order chi connectivity index (χ0) is 19.7. The second kappa shape index (κ2) is 7.42. The van der Waals surface area contributed by atoms with E-state index >= 15 is 0 Å². The molecule has 2 aromatic carbocycles. The van der Waals surface area contributed by atoms with Gasteiger partial charge in [0, 0.05) is 23.9 Å². The number of ether oxygens (including phenoxy) is 1. The van der Waals surface area contributed by atoms with Crippen LogP contribution in [0.5, 0.6) is 5.75 Å². The average Bonchev–Trinajstić information content (AvgIpc) is 3.46. The van der Waals surface area contributed by atoms with Crippen LogP contribution in [0.15, 0.2) is 48.5 Å². The largest absolute Gasteiger partial charge is 0.432 e. The maximum Gasteiger partial charge on any atom is 0.387 e. The summed E-state index contributed by atoms with van der Waals surface area (Å²) in [7, 11) is 0. The number of pyridine rings is 1. The Kier molecular flexibility index (Phi) is 4.81. The summed E-state index contributed by atoms with van der Waals surface area (Å²) in [4.78, 5) is 15.6. The fourth-order valence-corrected chi connectivity index (χ4v) is 3.08. The van der Waals surface area contributed by atoms with Gasteiger partial charge in [0.15, 0.2) is 5.75 Å². The zero-order valence-corrected chi connectivity index (χ0v) is 15.2. The van der Waals surface area contributed by atoms with E-state index in [0.29, 0.717) is 28.6 Å². The summed E-state index contributed by atoms with van der Waals surface area (Å²) in [5.41, 5.74) is 2.59. The maximum absolute atomic E-state index is 13.1. The Morgan fingerprint density at radius 2 is 2.00 bits per heavy atom. The van der Waals surface area contributed by atoms with Crippen molar-refractivity contribution in [3.8, 4) is 16.9 Å². The molecule has 0 atom stereocenters. The first-order valence-electron chi connectivity index (χ1n) is 9.03.